The molecular formula is C11H8FNO3. The largest absolute Gasteiger partial charge is 0.475 e. The van der Waals surface area contributed by atoms with Crippen LogP contribution in [0.1, 0.15) is 22.0 Å². The Labute approximate surface area is 90.4 Å². The summed E-state index contributed by atoms with van der Waals surface area (Å²) in [5.74, 6) is -1.48. The SMILES string of the molecule is O=C(O)c1cnc(Cc2cccc(F)c2)o1. The van der Waals surface area contributed by atoms with Crippen molar-refractivity contribution < 1.29 is 18.7 Å². The number of nitrogens with zero attached hydrogens (tertiary/aromatic N) is 1. The topological polar surface area (TPSA) is 63.3 Å². The Morgan fingerprint density at radius 2 is 2.31 bits per heavy atom. The summed E-state index contributed by atoms with van der Waals surface area (Å²) in [6.45, 7) is 0. The summed E-state index contributed by atoms with van der Waals surface area (Å²) in [5, 5.41) is 8.61. The average Bonchev–Trinajstić information content (AvgIpc) is 2.66. The second-order valence-corrected chi connectivity index (χ2v) is 3.23. The van der Waals surface area contributed by atoms with E-state index in [4.69, 9.17) is 9.52 Å². The van der Waals surface area contributed by atoms with Crippen LogP contribution in [0.15, 0.2) is 34.9 Å². The van der Waals surface area contributed by atoms with E-state index < -0.39 is 5.97 Å². The van der Waals surface area contributed by atoms with Crippen LogP contribution < -0.4 is 0 Å². The Morgan fingerprint density at radius 1 is 1.50 bits per heavy atom. The summed E-state index contributed by atoms with van der Waals surface area (Å²) in [4.78, 5) is 14.3. The zero-order valence-electron chi connectivity index (χ0n) is 8.18. The van der Waals surface area contributed by atoms with Crippen LogP contribution in [-0.2, 0) is 6.42 Å². The minimum absolute atomic E-state index is 0.216. The lowest BCUT2D eigenvalue weighted by Gasteiger charge is -1.96. The minimum atomic E-state index is -1.17. The van der Waals surface area contributed by atoms with Gasteiger partial charge in [0.15, 0.2) is 5.89 Å². The van der Waals surface area contributed by atoms with Gasteiger partial charge in [0.05, 0.1) is 6.20 Å². The van der Waals surface area contributed by atoms with Gasteiger partial charge in [0, 0.05) is 6.42 Å². The predicted octanol–water partition coefficient (Wildman–Crippen LogP) is 2.10. The lowest BCUT2D eigenvalue weighted by Crippen LogP contribution is -1.92. The number of hydrogen-bond acceptors (Lipinski definition) is 3. The Hall–Kier alpha value is -2.17. The van der Waals surface area contributed by atoms with E-state index in [-0.39, 0.29) is 23.9 Å². The van der Waals surface area contributed by atoms with Gasteiger partial charge in [-0.3, -0.25) is 0 Å². The first-order chi connectivity index (χ1) is 7.65. The normalized spacial score (nSPS) is 10.3. The van der Waals surface area contributed by atoms with Crippen molar-refractivity contribution >= 4 is 5.97 Å². The van der Waals surface area contributed by atoms with Crippen LogP contribution >= 0.6 is 0 Å². The first kappa shape index (κ1) is 10.4. The molecule has 2 rings (SSSR count). The first-order valence-corrected chi connectivity index (χ1v) is 4.57. The molecule has 1 heterocycles. The van der Waals surface area contributed by atoms with Crippen LogP contribution in [0.4, 0.5) is 4.39 Å². The highest BCUT2D eigenvalue weighted by atomic mass is 19.1. The van der Waals surface area contributed by atoms with E-state index in [1.54, 1.807) is 12.1 Å². The zero-order valence-corrected chi connectivity index (χ0v) is 8.18. The Balaban J connectivity index is 2.17. The fourth-order valence-electron chi connectivity index (χ4n) is 1.31. The summed E-state index contributed by atoms with van der Waals surface area (Å²) in [6.07, 6.45) is 1.40. The molecule has 0 radical (unpaired) electrons. The van der Waals surface area contributed by atoms with Crippen LogP contribution in [0.25, 0.3) is 0 Å². The number of aromatic carboxylic acids is 1. The maximum Gasteiger partial charge on any atom is 0.373 e. The van der Waals surface area contributed by atoms with Crippen LogP contribution in [-0.4, -0.2) is 16.1 Å². The third-order valence-electron chi connectivity index (χ3n) is 2.01. The van der Waals surface area contributed by atoms with Crippen molar-refractivity contribution in [2.75, 3.05) is 0 Å². The summed E-state index contributed by atoms with van der Waals surface area (Å²) in [7, 11) is 0. The van der Waals surface area contributed by atoms with Gasteiger partial charge < -0.3 is 9.52 Å². The molecule has 0 saturated heterocycles. The molecule has 0 bridgehead atoms. The first-order valence-electron chi connectivity index (χ1n) is 4.57. The quantitative estimate of drug-likeness (QED) is 0.862. The molecule has 1 aromatic carbocycles. The van der Waals surface area contributed by atoms with E-state index in [1.165, 1.54) is 12.1 Å². The van der Waals surface area contributed by atoms with Crippen LogP contribution in [0.3, 0.4) is 0 Å². The number of halogens is 1. The molecule has 1 aromatic heterocycles. The predicted molar refractivity (Wildman–Crippen MR) is 52.7 cm³/mol. The Bertz CT molecular complexity index is 521. The summed E-state index contributed by atoms with van der Waals surface area (Å²) < 4.78 is 17.8. The molecule has 0 aliphatic carbocycles. The maximum atomic E-state index is 12.9. The molecule has 0 aliphatic rings. The van der Waals surface area contributed by atoms with Crippen LogP contribution in [0, 0.1) is 5.82 Å². The third kappa shape index (κ3) is 2.25. The fraction of sp³-hybridized carbons (Fsp3) is 0.0909. The molecule has 0 atom stereocenters. The van der Waals surface area contributed by atoms with Gasteiger partial charge in [-0.25, -0.2) is 14.2 Å². The number of carboxylic acids is 1. The molecule has 82 valence electrons. The van der Waals surface area contributed by atoms with Crippen molar-refractivity contribution in [1.29, 1.82) is 0 Å². The number of oxazole rings is 1. The van der Waals surface area contributed by atoms with E-state index in [1.807, 2.05) is 0 Å². The lowest BCUT2D eigenvalue weighted by molar-refractivity contribution is 0.0660. The molecule has 16 heavy (non-hydrogen) atoms. The number of carboxylic acid groups (broad SMARTS) is 1. The van der Waals surface area contributed by atoms with E-state index in [2.05, 4.69) is 4.98 Å². The fourth-order valence-corrected chi connectivity index (χ4v) is 1.31. The van der Waals surface area contributed by atoms with Crippen molar-refractivity contribution in [3.05, 3.63) is 53.5 Å². The number of benzene rings is 1. The second kappa shape index (κ2) is 4.14. The standard InChI is InChI=1S/C11H8FNO3/c12-8-3-1-2-7(4-8)5-10-13-6-9(16-10)11(14)15/h1-4,6H,5H2,(H,14,15). The van der Waals surface area contributed by atoms with Crippen molar-refractivity contribution in [2.24, 2.45) is 0 Å². The average molecular weight is 221 g/mol. The molecule has 0 fully saturated rings. The molecule has 0 unspecified atom stereocenters. The highest BCUT2D eigenvalue weighted by molar-refractivity contribution is 5.83. The van der Waals surface area contributed by atoms with Gasteiger partial charge in [-0.05, 0) is 17.7 Å². The smallest absolute Gasteiger partial charge is 0.373 e. The summed E-state index contributed by atoms with van der Waals surface area (Å²) in [5.41, 5.74) is 0.679. The highest BCUT2D eigenvalue weighted by Crippen LogP contribution is 2.11. The number of carbonyl (C=O) groups is 1. The van der Waals surface area contributed by atoms with Crippen molar-refractivity contribution in [3.8, 4) is 0 Å². The van der Waals surface area contributed by atoms with Crippen LogP contribution in [0.5, 0.6) is 0 Å². The molecule has 2 aromatic rings. The van der Waals surface area contributed by atoms with Gasteiger partial charge in [0.25, 0.3) is 0 Å². The molecule has 4 nitrogen and oxygen atoms in total. The number of hydrogen-bond donors (Lipinski definition) is 1. The summed E-state index contributed by atoms with van der Waals surface area (Å²) in [6, 6.07) is 5.98. The highest BCUT2D eigenvalue weighted by Gasteiger charge is 2.10. The van der Waals surface area contributed by atoms with Gasteiger partial charge >= 0.3 is 5.97 Å². The van der Waals surface area contributed by atoms with E-state index in [9.17, 15) is 9.18 Å². The van der Waals surface area contributed by atoms with Gasteiger partial charge in [-0.1, -0.05) is 12.1 Å². The van der Waals surface area contributed by atoms with Crippen molar-refractivity contribution in [3.63, 3.8) is 0 Å². The Morgan fingerprint density at radius 3 is 2.94 bits per heavy atom. The Kier molecular flexibility index (Phi) is 2.68. The zero-order chi connectivity index (χ0) is 11.5. The molecule has 1 N–H and O–H groups in total. The molecular weight excluding hydrogens is 213 g/mol. The van der Waals surface area contributed by atoms with Gasteiger partial charge in [-0.15, -0.1) is 0 Å². The van der Waals surface area contributed by atoms with Crippen molar-refractivity contribution in [1.82, 2.24) is 4.98 Å². The second-order valence-electron chi connectivity index (χ2n) is 3.23. The summed E-state index contributed by atoms with van der Waals surface area (Å²) >= 11 is 0. The van der Waals surface area contributed by atoms with E-state index in [0.717, 1.165) is 6.20 Å². The van der Waals surface area contributed by atoms with Crippen molar-refractivity contribution in [2.45, 2.75) is 6.42 Å². The third-order valence-corrected chi connectivity index (χ3v) is 2.01. The molecule has 5 heteroatoms. The van der Waals surface area contributed by atoms with Crippen LogP contribution in [0.2, 0.25) is 0 Å². The van der Waals surface area contributed by atoms with Gasteiger partial charge in [0.2, 0.25) is 5.76 Å². The maximum absolute atomic E-state index is 12.9. The number of rotatable bonds is 3. The molecule has 0 saturated carbocycles. The van der Waals surface area contributed by atoms with Gasteiger partial charge in [-0.2, -0.15) is 0 Å². The monoisotopic (exact) mass is 221 g/mol. The molecule has 0 spiro atoms. The number of aromatic nitrogens is 1. The van der Waals surface area contributed by atoms with E-state index >= 15 is 0 Å². The minimum Gasteiger partial charge on any atom is -0.475 e. The molecule has 0 aliphatic heterocycles. The lowest BCUT2D eigenvalue weighted by atomic mass is 10.1. The van der Waals surface area contributed by atoms with Gasteiger partial charge in [0.1, 0.15) is 5.82 Å². The van der Waals surface area contributed by atoms with E-state index in [0.29, 0.717) is 5.56 Å². The molecule has 0 amide bonds.